The van der Waals surface area contributed by atoms with Crippen molar-refractivity contribution in [2.45, 2.75) is 5.33 Å². The number of hydrogen-bond donors (Lipinski definition) is 2. The molecule has 0 saturated heterocycles. The molecule has 0 bridgehead atoms. The van der Waals surface area contributed by atoms with E-state index in [4.69, 9.17) is 16.1 Å². The number of alkyl halides is 1. The highest BCUT2D eigenvalue weighted by molar-refractivity contribution is 9.08. The van der Waals surface area contributed by atoms with Crippen LogP contribution in [0.15, 0.2) is 0 Å². The highest BCUT2D eigenvalue weighted by Gasteiger charge is 2.19. The van der Waals surface area contributed by atoms with E-state index in [9.17, 15) is 4.79 Å². The topological polar surface area (TPSA) is 87.1 Å². The number of halogens is 1. The minimum Gasteiger partial charge on any atom is -0.477 e. The predicted molar refractivity (Wildman–Crippen MR) is 53.0 cm³/mol. The summed E-state index contributed by atoms with van der Waals surface area (Å²) in [7, 11) is 0. The second kappa shape index (κ2) is 3.77. The lowest BCUT2D eigenvalue weighted by atomic mass is 10.2. The van der Waals surface area contributed by atoms with E-state index in [-0.39, 0.29) is 15.4 Å². The van der Waals surface area contributed by atoms with E-state index in [1.54, 1.807) is 0 Å². The number of carboxylic acid groups (broad SMARTS) is 1. The molecule has 0 aliphatic rings. The fourth-order valence-corrected chi connectivity index (χ4v) is 2.53. The minimum absolute atomic E-state index is 0.130. The van der Waals surface area contributed by atoms with Gasteiger partial charge in [0.15, 0.2) is 0 Å². The van der Waals surface area contributed by atoms with Crippen LogP contribution < -0.4 is 5.73 Å². The summed E-state index contributed by atoms with van der Waals surface area (Å²) in [5, 5.41) is 18.0. The Kier molecular flexibility index (Phi) is 2.90. The van der Waals surface area contributed by atoms with E-state index in [0.29, 0.717) is 10.9 Å². The minimum atomic E-state index is -1.05. The van der Waals surface area contributed by atoms with Crippen molar-refractivity contribution < 1.29 is 9.90 Å². The number of nitrogens with two attached hydrogens (primary N) is 1. The molecule has 0 aromatic carbocycles. The first kappa shape index (κ1) is 10.0. The molecule has 0 fully saturated rings. The van der Waals surface area contributed by atoms with Gasteiger partial charge in [-0.25, -0.2) is 4.79 Å². The van der Waals surface area contributed by atoms with Gasteiger partial charge in [0.2, 0.25) is 0 Å². The predicted octanol–water partition coefficient (Wildman–Crippen LogP) is 1.80. The summed E-state index contributed by atoms with van der Waals surface area (Å²) >= 11 is 4.04. The van der Waals surface area contributed by atoms with E-state index in [2.05, 4.69) is 15.9 Å². The second-order valence-corrected chi connectivity index (χ2v) is 3.81. The molecule has 1 heterocycles. The average molecular weight is 261 g/mol. The molecule has 6 heteroatoms. The van der Waals surface area contributed by atoms with Gasteiger partial charge in [0.05, 0.1) is 5.56 Å². The summed E-state index contributed by atoms with van der Waals surface area (Å²) in [6.45, 7) is 0. The summed E-state index contributed by atoms with van der Waals surface area (Å²) in [5.41, 5.74) is 6.20. The molecule has 0 aliphatic heterocycles. The van der Waals surface area contributed by atoms with Gasteiger partial charge in [-0.15, -0.1) is 11.3 Å². The molecule has 0 spiro atoms. The van der Waals surface area contributed by atoms with Gasteiger partial charge in [-0.1, -0.05) is 15.9 Å². The summed E-state index contributed by atoms with van der Waals surface area (Å²) < 4.78 is 0. The zero-order chi connectivity index (χ0) is 10.0. The smallest absolute Gasteiger partial charge is 0.346 e. The number of nitrogen functional groups attached to an aromatic ring is 1. The standard InChI is InChI=1S/C7H5BrN2O2S/c8-1-3-4(2-9)6(10)13-5(3)7(11)12/h1,10H2,(H,11,12). The van der Waals surface area contributed by atoms with Crippen LogP contribution in [0.5, 0.6) is 0 Å². The van der Waals surface area contributed by atoms with Gasteiger partial charge >= 0.3 is 5.97 Å². The van der Waals surface area contributed by atoms with Crippen LogP contribution in [0.2, 0.25) is 0 Å². The number of carboxylic acids is 1. The Bertz CT molecular complexity index is 394. The molecule has 4 nitrogen and oxygen atoms in total. The molecule has 68 valence electrons. The molecule has 3 N–H and O–H groups in total. The zero-order valence-electron chi connectivity index (χ0n) is 6.37. The quantitative estimate of drug-likeness (QED) is 0.794. The Balaban J connectivity index is 3.40. The molecule has 0 radical (unpaired) electrons. The summed E-state index contributed by atoms with van der Waals surface area (Å²) in [6, 6.07) is 1.88. The van der Waals surface area contributed by atoms with Crippen molar-refractivity contribution in [1.29, 1.82) is 5.26 Å². The lowest BCUT2D eigenvalue weighted by molar-refractivity contribution is 0.0701. The van der Waals surface area contributed by atoms with E-state index in [1.165, 1.54) is 0 Å². The third-order valence-corrected chi connectivity index (χ3v) is 3.08. The van der Waals surface area contributed by atoms with Gasteiger partial charge in [-0.3, -0.25) is 0 Å². The Hall–Kier alpha value is -1.06. The largest absolute Gasteiger partial charge is 0.477 e. The lowest BCUT2D eigenvalue weighted by Gasteiger charge is -1.93. The molecule has 13 heavy (non-hydrogen) atoms. The number of hydrogen-bond acceptors (Lipinski definition) is 4. The molecule has 1 rings (SSSR count). The molecule has 0 unspecified atom stereocenters. The van der Waals surface area contributed by atoms with Gasteiger partial charge in [0, 0.05) is 10.9 Å². The number of aromatic carboxylic acids is 1. The van der Waals surface area contributed by atoms with Gasteiger partial charge < -0.3 is 10.8 Å². The van der Waals surface area contributed by atoms with Crippen LogP contribution in [0, 0.1) is 11.3 Å². The Morgan fingerprint density at radius 1 is 1.77 bits per heavy atom. The molecule has 0 atom stereocenters. The van der Waals surface area contributed by atoms with Crippen molar-refractivity contribution in [3.8, 4) is 6.07 Å². The molecular weight excluding hydrogens is 256 g/mol. The molecular formula is C7H5BrN2O2S. The normalized spacial score (nSPS) is 9.54. The zero-order valence-corrected chi connectivity index (χ0v) is 8.78. The number of rotatable bonds is 2. The number of nitrogens with zero attached hydrogens (tertiary/aromatic N) is 1. The van der Waals surface area contributed by atoms with E-state index in [1.807, 2.05) is 6.07 Å². The van der Waals surface area contributed by atoms with Crippen molar-refractivity contribution in [2.24, 2.45) is 0 Å². The van der Waals surface area contributed by atoms with Crippen molar-refractivity contribution >= 4 is 38.2 Å². The first-order chi connectivity index (χ1) is 6.11. The third-order valence-electron chi connectivity index (χ3n) is 1.47. The Labute approximate surface area is 86.7 Å². The fraction of sp³-hybridized carbons (Fsp3) is 0.143. The van der Waals surface area contributed by atoms with Crippen LogP contribution in [-0.2, 0) is 5.33 Å². The van der Waals surface area contributed by atoms with Crippen LogP contribution in [0.4, 0.5) is 5.00 Å². The third kappa shape index (κ3) is 1.66. The van der Waals surface area contributed by atoms with Gasteiger partial charge in [-0.05, 0) is 0 Å². The SMILES string of the molecule is N#Cc1c(N)sc(C(=O)O)c1CBr. The van der Waals surface area contributed by atoms with Gasteiger partial charge in [-0.2, -0.15) is 5.26 Å². The number of anilines is 1. The van der Waals surface area contributed by atoms with Crippen molar-refractivity contribution in [2.75, 3.05) is 5.73 Å². The van der Waals surface area contributed by atoms with Crippen LogP contribution in [0.3, 0.4) is 0 Å². The van der Waals surface area contributed by atoms with E-state index in [0.717, 1.165) is 11.3 Å². The maximum Gasteiger partial charge on any atom is 0.346 e. The average Bonchev–Trinajstić information content (AvgIpc) is 2.41. The number of thiophene rings is 1. The van der Waals surface area contributed by atoms with E-state index >= 15 is 0 Å². The summed E-state index contributed by atoms with van der Waals surface area (Å²) in [4.78, 5) is 10.8. The Morgan fingerprint density at radius 2 is 2.38 bits per heavy atom. The first-order valence-electron chi connectivity index (χ1n) is 3.22. The fourth-order valence-electron chi connectivity index (χ4n) is 0.908. The molecule has 0 saturated carbocycles. The highest BCUT2D eigenvalue weighted by Crippen LogP contribution is 2.31. The second-order valence-electron chi connectivity index (χ2n) is 2.20. The highest BCUT2D eigenvalue weighted by atomic mass is 79.9. The molecule has 0 aliphatic carbocycles. The molecule has 0 amide bonds. The van der Waals surface area contributed by atoms with Crippen LogP contribution >= 0.6 is 27.3 Å². The van der Waals surface area contributed by atoms with Crippen molar-refractivity contribution in [1.82, 2.24) is 0 Å². The lowest BCUT2D eigenvalue weighted by Crippen LogP contribution is -1.96. The molecule has 1 aromatic rings. The molecule has 1 aromatic heterocycles. The van der Waals surface area contributed by atoms with Gasteiger partial charge in [0.25, 0.3) is 0 Å². The van der Waals surface area contributed by atoms with Crippen LogP contribution in [0.25, 0.3) is 0 Å². The monoisotopic (exact) mass is 260 g/mol. The summed E-state index contributed by atoms with van der Waals surface area (Å²) in [5.74, 6) is -1.05. The van der Waals surface area contributed by atoms with Crippen molar-refractivity contribution in [3.05, 3.63) is 16.0 Å². The number of nitriles is 1. The Morgan fingerprint density at radius 3 is 2.77 bits per heavy atom. The first-order valence-corrected chi connectivity index (χ1v) is 5.16. The van der Waals surface area contributed by atoms with Gasteiger partial charge in [0.1, 0.15) is 15.9 Å². The summed E-state index contributed by atoms with van der Waals surface area (Å²) in [6.07, 6.45) is 0. The van der Waals surface area contributed by atoms with Crippen LogP contribution in [-0.4, -0.2) is 11.1 Å². The van der Waals surface area contributed by atoms with E-state index < -0.39 is 5.97 Å². The van der Waals surface area contributed by atoms with Crippen LogP contribution in [0.1, 0.15) is 20.8 Å². The maximum absolute atomic E-state index is 10.7. The van der Waals surface area contributed by atoms with Crippen molar-refractivity contribution in [3.63, 3.8) is 0 Å². The maximum atomic E-state index is 10.7. The number of carbonyl (C=O) groups is 1.